The number of nitro groups is 1. The number of H-pyrrole nitrogens is 1. The van der Waals surface area contributed by atoms with Crippen molar-refractivity contribution in [3.8, 4) is 11.6 Å². The minimum absolute atomic E-state index is 0.0645. The summed E-state index contributed by atoms with van der Waals surface area (Å²) in [5, 5.41) is 31.7. The number of nitrogens with zero attached hydrogens (tertiary/aromatic N) is 3. The predicted molar refractivity (Wildman–Crippen MR) is 123 cm³/mol. The molecule has 11 nitrogen and oxygen atoms in total. The summed E-state index contributed by atoms with van der Waals surface area (Å²) in [7, 11) is 1.50. The van der Waals surface area contributed by atoms with Gasteiger partial charge in [0.15, 0.2) is 5.69 Å². The molecule has 0 atom stereocenters. The molecule has 170 valence electrons. The standard InChI is InChI=1S/C23H17N5O6/c1-34-15-10-11-19-17(12-15)20(23(31)25-19)26-27-22(30)16-4-2-3-5-18(16)24-21(29)13-6-8-14(9-7-13)28(32)33/h2-12,25,31H,1H3,(H,24,29). The van der Waals surface area contributed by atoms with E-state index >= 15 is 0 Å². The first kappa shape index (κ1) is 22.1. The van der Waals surface area contributed by atoms with E-state index in [0.717, 1.165) is 0 Å². The summed E-state index contributed by atoms with van der Waals surface area (Å²) in [6, 6.07) is 16.3. The Morgan fingerprint density at radius 3 is 2.53 bits per heavy atom. The number of carbonyl (C=O) groups excluding carboxylic acids is 2. The number of carbonyl (C=O) groups is 2. The summed E-state index contributed by atoms with van der Waals surface area (Å²) >= 11 is 0. The number of rotatable bonds is 6. The van der Waals surface area contributed by atoms with E-state index < -0.39 is 16.7 Å². The first-order chi connectivity index (χ1) is 16.4. The minimum atomic E-state index is -0.753. The normalized spacial score (nSPS) is 11.0. The van der Waals surface area contributed by atoms with Gasteiger partial charge in [-0.25, -0.2) is 0 Å². The van der Waals surface area contributed by atoms with Gasteiger partial charge in [-0.15, -0.1) is 10.2 Å². The van der Waals surface area contributed by atoms with Crippen LogP contribution in [0.5, 0.6) is 11.6 Å². The zero-order chi connectivity index (χ0) is 24.2. The number of fused-ring (bicyclic) bond motifs is 1. The van der Waals surface area contributed by atoms with Crippen LogP contribution in [0.15, 0.2) is 77.0 Å². The molecule has 0 saturated heterocycles. The number of nitro benzene ring substituents is 1. The lowest BCUT2D eigenvalue weighted by atomic mass is 10.1. The molecule has 4 rings (SSSR count). The quantitative estimate of drug-likeness (QED) is 0.210. The number of ether oxygens (including phenoxy) is 1. The number of nitrogens with one attached hydrogen (secondary N) is 2. The Bertz CT molecular complexity index is 1440. The molecular weight excluding hydrogens is 442 g/mol. The lowest BCUT2D eigenvalue weighted by Gasteiger charge is -2.08. The highest BCUT2D eigenvalue weighted by molar-refractivity contribution is 6.09. The molecule has 1 aromatic heterocycles. The minimum Gasteiger partial charge on any atom is -0.497 e. The van der Waals surface area contributed by atoms with E-state index in [1.54, 1.807) is 30.3 Å². The van der Waals surface area contributed by atoms with Crippen LogP contribution < -0.4 is 10.1 Å². The second kappa shape index (κ2) is 9.20. The van der Waals surface area contributed by atoms with Crippen molar-refractivity contribution in [3.05, 3.63) is 88.0 Å². The molecule has 2 amide bonds. The lowest BCUT2D eigenvalue weighted by Crippen LogP contribution is -2.14. The molecule has 3 N–H and O–H groups in total. The molecule has 0 radical (unpaired) electrons. The average Bonchev–Trinajstić information content (AvgIpc) is 3.16. The first-order valence-electron chi connectivity index (χ1n) is 9.87. The number of aromatic hydroxyl groups is 1. The second-order valence-electron chi connectivity index (χ2n) is 7.04. The van der Waals surface area contributed by atoms with Crippen molar-refractivity contribution >= 4 is 39.8 Å². The topological polar surface area (TPSA) is 159 Å². The maximum Gasteiger partial charge on any atom is 0.297 e. The molecule has 0 aliphatic rings. The summed E-state index contributed by atoms with van der Waals surface area (Å²) in [6.07, 6.45) is 0. The van der Waals surface area contributed by atoms with Gasteiger partial charge in [-0.3, -0.25) is 19.7 Å². The number of azo groups is 1. The van der Waals surface area contributed by atoms with Gasteiger partial charge in [-0.2, -0.15) is 0 Å². The molecule has 0 unspecified atom stereocenters. The van der Waals surface area contributed by atoms with Gasteiger partial charge in [0.1, 0.15) is 5.75 Å². The lowest BCUT2D eigenvalue weighted by molar-refractivity contribution is -0.384. The van der Waals surface area contributed by atoms with Crippen LogP contribution in [0.25, 0.3) is 10.9 Å². The Morgan fingerprint density at radius 2 is 1.82 bits per heavy atom. The second-order valence-corrected chi connectivity index (χ2v) is 7.04. The molecule has 34 heavy (non-hydrogen) atoms. The van der Waals surface area contributed by atoms with E-state index in [9.17, 15) is 24.8 Å². The third-order valence-electron chi connectivity index (χ3n) is 4.95. The van der Waals surface area contributed by atoms with Crippen LogP contribution in [0.3, 0.4) is 0 Å². The Kier molecular flexibility index (Phi) is 5.99. The molecule has 0 aliphatic heterocycles. The number of anilines is 1. The summed E-state index contributed by atoms with van der Waals surface area (Å²) in [4.78, 5) is 38.3. The van der Waals surface area contributed by atoms with Crippen LogP contribution in [0, 0.1) is 10.1 Å². The van der Waals surface area contributed by atoms with E-state index in [1.807, 2.05) is 0 Å². The number of amides is 2. The van der Waals surface area contributed by atoms with Crippen molar-refractivity contribution in [2.45, 2.75) is 0 Å². The fourth-order valence-corrected chi connectivity index (χ4v) is 3.23. The maximum absolute atomic E-state index is 12.8. The fraction of sp³-hybridized carbons (Fsp3) is 0.0435. The SMILES string of the molecule is COc1ccc2[nH]c(O)c(N=NC(=O)c3ccccc3NC(=O)c3ccc([N+](=O)[O-])cc3)c2c1. The highest BCUT2D eigenvalue weighted by Crippen LogP contribution is 2.37. The van der Waals surface area contributed by atoms with Crippen molar-refractivity contribution in [2.75, 3.05) is 12.4 Å². The first-order valence-corrected chi connectivity index (χ1v) is 9.87. The van der Waals surface area contributed by atoms with E-state index in [0.29, 0.717) is 16.7 Å². The molecule has 0 aliphatic carbocycles. The predicted octanol–water partition coefficient (Wildman–Crippen LogP) is 4.97. The Hall–Kier alpha value is -5.06. The van der Waals surface area contributed by atoms with Gasteiger partial charge in [-0.1, -0.05) is 12.1 Å². The smallest absolute Gasteiger partial charge is 0.297 e. The molecule has 1 heterocycles. The summed E-state index contributed by atoms with van der Waals surface area (Å²) in [5.41, 5.74) is 0.918. The molecule has 11 heteroatoms. The summed E-state index contributed by atoms with van der Waals surface area (Å²) in [6.45, 7) is 0. The summed E-state index contributed by atoms with van der Waals surface area (Å²) < 4.78 is 5.18. The third kappa shape index (κ3) is 4.43. The van der Waals surface area contributed by atoms with Crippen molar-refractivity contribution < 1.29 is 24.4 Å². The number of methoxy groups -OCH3 is 1. The number of para-hydroxylation sites is 1. The van der Waals surface area contributed by atoms with E-state index in [1.165, 1.54) is 43.5 Å². The third-order valence-corrected chi connectivity index (χ3v) is 4.95. The van der Waals surface area contributed by atoms with Gasteiger partial charge in [0, 0.05) is 23.1 Å². The molecule has 0 bridgehead atoms. The number of aromatic nitrogens is 1. The molecular formula is C23H17N5O6. The Morgan fingerprint density at radius 1 is 1.09 bits per heavy atom. The number of hydrogen-bond acceptors (Lipinski definition) is 7. The average molecular weight is 459 g/mol. The highest BCUT2D eigenvalue weighted by atomic mass is 16.6. The van der Waals surface area contributed by atoms with Crippen LogP contribution in [0.1, 0.15) is 20.7 Å². The summed E-state index contributed by atoms with van der Waals surface area (Å²) in [5.74, 6) is -1.04. The number of non-ortho nitro benzene ring substituents is 1. The van der Waals surface area contributed by atoms with Gasteiger partial charge in [0.05, 0.1) is 28.8 Å². The van der Waals surface area contributed by atoms with Crippen LogP contribution in [-0.2, 0) is 0 Å². The van der Waals surface area contributed by atoms with Crippen LogP contribution in [0.4, 0.5) is 17.1 Å². The zero-order valence-corrected chi connectivity index (χ0v) is 17.7. The molecule has 0 fully saturated rings. The van der Waals surface area contributed by atoms with Crippen molar-refractivity contribution in [3.63, 3.8) is 0 Å². The largest absolute Gasteiger partial charge is 0.497 e. The highest BCUT2D eigenvalue weighted by Gasteiger charge is 2.16. The van der Waals surface area contributed by atoms with E-state index in [4.69, 9.17) is 4.74 Å². The van der Waals surface area contributed by atoms with E-state index in [2.05, 4.69) is 20.5 Å². The van der Waals surface area contributed by atoms with Crippen LogP contribution >= 0.6 is 0 Å². The van der Waals surface area contributed by atoms with Gasteiger partial charge in [-0.05, 0) is 42.5 Å². The monoisotopic (exact) mass is 459 g/mol. The fourth-order valence-electron chi connectivity index (χ4n) is 3.23. The van der Waals surface area contributed by atoms with Gasteiger partial charge >= 0.3 is 0 Å². The van der Waals surface area contributed by atoms with Crippen LogP contribution in [0.2, 0.25) is 0 Å². The maximum atomic E-state index is 12.8. The van der Waals surface area contributed by atoms with Gasteiger partial charge in [0.2, 0.25) is 5.88 Å². The molecule has 0 spiro atoms. The Balaban J connectivity index is 1.58. The molecule has 0 saturated carbocycles. The number of hydrogen-bond donors (Lipinski definition) is 3. The molecule has 3 aromatic carbocycles. The Labute approximate surface area is 191 Å². The number of aromatic amines is 1. The van der Waals surface area contributed by atoms with Gasteiger partial charge < -0.3 is 20.1 Å². The van der Waals surface area contributed by atoms with Crippen LogP contribution in [-0.4, -0.2) is 33.9 Å². The van der Waals surface area contributed by atoms with Crippen molar-refractivity contribution in [1.29, 1.82) is 0 Å². The van der Waals surface area contributed by atoms with E-state index in [-0.39, 0.29) is 34.1 Å². The zero-order valence-electron chi connectivity index (χ0n) is 17.7. The van der Waals surface area contributed by atoms with Crippen molar-refractivity contribution in [2.24, 2.45) is 10.2 Å². The van der Waals surface area contributed by atoms with Gasteiger partial charge in [0.25, 0.3) is 17.5 Å². The molecule has 4 aromatic rings. The number of benzene rings is 3. The van der Waals surface area contributed by atoms with Crippen molar-refractivity contribution in [1.82, 2.24) is 4.98 Å².